The topological polar surface area (TPSA) is 51.7 Å². The average molecular weight is 479 g/mol. The van der Waals surface area contributed by atoms with E-state index in [4.69, 9.17) is 9.26 Å². The fraction of sp³-hybridized carbons (Fsp3) is 0.333. The van der Waals surface area contributed by atoms with Gasteiger partial charge in [-0.15, -0.1) is 0 Å². The van der Waals surface area contributed by atoms with Crippen molar-refractivity contribution in [3.8, 4) is 0 Å². The molecule has 1 aliphatic rings. The highest BCUT2D eigenvalue weighted by Crippen LogP contribution is 2.37. The van der Waals surface area contributed by atoms with Gasteiger partial charge in [0.25, 0.3) is 8.32 Å². The standard InChI is InChI=1S/C27H31FN2O3Si/c1-27(2,3)34(22-10-6-4-7-11-22,23-12-8-5-9-13-23)33-17-16-32-30-15-14-21-18-29-19-24(28)26(21)25(30)20-31/h4-13,18-20,25H,14-17H2,1-3H3. The Hall–Kier alpha value is -2.71. The molecule has 178 valence electrons. The number of aldehydes is 1. The van der Waals surface area contributed by atoms with Gasteiger partial charge in [-0.2, -0.15) is 5.06 Å². The van der Waals surface area contributed by atoms with Crippen LogP contribution in [0.4, 0.5) is 4.39 Å². The van der Waals surface area contributed by atoms with Gasteiger partial charge in [-0.3, -0.25) is 9.82 Å². The molecular weight excluding hydrogens is 447 g/mol. The molecule has 1 unspecified atom stereocenters. The maximum absolute atomic E-state index is 14.4. The lowest BCUT2D eigenvalue weighted by Gasteiger charge is -2.43. The molecule has 0 N–H and O–H groups in total. The van der Waals surface area contributed by atoms with E-state index in [-0.39, 0.29) is 11.6 Å². The Bertz CT molecular complexity index is 1070. The van der Waals surface area contributed by atoms with Crippen LogP contribution in [0.5, 0.6) is 0 Å². The monoisotopic (exact) mass is 478 g/mol. The van der Waals surface area contributed by atoms with E-state index in [0.29, 0.717) is 25.1 Å². The molecule has 7 heteroatoms. The van der Waals surface area contributed by atoms with Gasteiger partial charge in [0.05, 0.1) is 19.4 Å². The summed E-state index contributed by atoms with van der Waals surface area (Å²) in [6, 6.07) is 20.0. The van der Waals surface area contributed by atoms with E-state index in [9.17, 15) is 9.18 Å². The van der Waals surface area contributed by atoms with Gasteiger partial charge in [0.1, 0.15) is 18.1 Å². The van der Waals surface area contributed by atoms with E-state index in [2.05, 4.69) is 74.3 Å². The Morgan fingerprint density at radius 1 is 1.03 bits per heavy atom. The zero-order chi connectivity index (χ0) is 24.2. The Morgan fingerprint density at radius 3 is 2.21 bits per heavy atom. The van der Waals surface area contributed by atoms with E-state index in [0.717, 1.165) is 18.0 Å². The van der Waals surface area contributed by atoms with Gasteiger partial charge in [-0.1, -0.05) is 81.4 Å². The van der Waals surface area contributed by atoms with Crippen molar-refractivity contribution in [2.75, 3.05) is 19.8 Å². The average Bonchev–Trinajstić information content (AvgIpc) is 2.84. The van der Waals surface area contributed by atoms with Crippen LogP contribution in [0.2, 0.25) is 5.04 Å². The lowest BCUT2D eigenvalue weighted by molar-refractivity contribution is -0.194. The molecule has 0 amide bonds. The number of rotatable bonds is 8. The molecule has 0 saturated heterocycles. The molecule has 2 heterocycles. The Labute approximate surface area is 201 Å². The third-order valence-electron chi connectivity index (χ3n) is 6.43. The van der Waals surface area contributed by atoms with Gasteiger partial charge in [0, 0.05) is 18.3 Å². The van der Waals surface area contributed by atoms with Crippen molar-refractivity contribution in [1.29, 1.82) is 0 Å². The number of benzene rings is 2. The van der Waals surface area contributed by atoms with Crippen LogP contribution in [0.3, 0.4) is 0 Å². The molecule has 2 aromatic carbocycles. The van der Waals surface area contributed by atoms with Crippen molar-refractivity contribution in [2.45, 2.75) is 38.3 Å². The molecule has 0 fully saturated rings. The molecule has 3 aromatic rings. The third-order valence-corrected chi connectivity index (χ3v) is 11.5. The summed E-state index contributed by atoms with van der Waals surface area (Å²) >= 11 is 0. The van der Waals surface area contributed by atoms with Crippen LogP contribution in [0.15, 0.2) is 73.1 Å². The molecule has 0 bridgehead atoms. The van der Waals surface area contributed by atoms with Crippen LogP contribution in [-0.2, 0) is 20.5 Å². The molecule has 0 radical (unpaired) electrons. The number of aromatic nitrogens is 1. The van der Waals surface area contributed by atoms with Crippen molar-refractivity contribution >= 4 is 25.0 Å². The predicted octanol–water partition coefficient (Wildman–Crippen LogP) is 3.83. The first kappa shape index (κ1) is 24.4. The van der Waals surface area contributed by atoms with Crippen LogP contribution in [0.1, 0.15) is 37.9 Å². The van der Waals surface area contributed by atoms with Gasteiger partial charge < -0.3 is 9.22 Å². The predicted molar refractivity (Wildman–Crippen MR) is 133 cm³/mol. The number of hydrogen-bond acceptors (Lipinski definition) is 5. The van der Waals surface area contributed by atoms with Gasteiger partial charge in [-0.05, 0) is 27.4 Å². The first-order chi connectivity index (χ1) is 16.4. The zero-order valence-electron chi connectivity index (χ0n) is 19.9. The van der Waals surface area contributed by atoms with Crippen LogP contribution >= 0.6 is 0 Å². The first-order valence-electron chi connectivity index (χ1n) is 11.6. The summed E-state index contributed by atoms with van der Waals surface area (Å²) in [6.45, 7) is 7.77. The highest BCUT2D eigenvalue weighted by molar-refractivity contribution is 6.99. The summed E-state index contributed by atoms with van der Waals surface area (Å²) in [5.74, 6) is -0.480. The number of nitrogens with zero attached hydrogens (tertiary/aromatic N) is 2. The number of hydrogen-bond donors (Lipinski definition) is 0. The minimum Gasteiger partial charge on any atom is -0.405 e. The van der Waals surface area contributed by atoms with Crippen LogP contribution in [0.25, 0.3) is 0 Å². The minimum absolute atomic E-state index is 0.138. The van der Waals surface area contributed by atoms with Gasteiger partial charge in [0.15, 0.2) is 0 Å². The van der Waals surface area contributed by atoms with E-state index in [1.165, 1.54) is 10.4 Å². The fourth-order valence-corrected chi connectivity index (χ4v) is 9.47. The Balaban J connectivity index is 1.54. The molecule has 4 rings (SSSR count). The quantitative estimate of drug-likeness (QED) is 0.280. The second kappa shape index (κ2) is 10.3. The van der Waals surface area contributed by atoms with Gasteiger partial charge >= 0.3 is 0 Å². The highest BCUT2D eigenvalue weighted by Gasteiger charge is 2.50. The number of carbonyl (C=O) groups excluding carboxylic acids is 1. The smallest absolute Gasteiger partial charge is 0.261 e. The number of fused-ring (bicyclic) bond motifs is 1. The number of halogens is 1. The van der Waals surface area contributed by atoms with Crippen LogP contribution < -0.4 is 10.4 Å². The van der Waals surface area contributed by atoms with E-state index in [1.54, 1.807) is 11.3 Å². The third kappa shape index (κ3) is 4.61. The molecule has 1 aliphatic heterocycles. The summed E-state index contributed by atoms with van der Waals surface area (Å²) in [4.78, 5) is 21.7. The Morgan fingerprint density at radius 2 is 1.65 bits per heavy atom. The van der Waals surface area contributed by atoms with E-state index < -0.39 is 20.2 Å². The Kier molecular flexibility index (Phi) is 7.38. The molecule has 0 saturated carbocycles. The van der Waals surface area contributed by atoms with E-state index >= 15 is 0 Å². The number of pyridine rings is 1. The largest absolute Gasteiger partial charge is 0.405 e. The minimum atomic E-state index is -2.66. The number of carbonyl (C=O) groups is 1. The second-order valence-corrected chi connectivity index (χ2v) is 13.8. The van der Waals surface area contributed by atoms with Gasteiger partial charge in [0.2, 0.25) is 0 Å². The number of hydroxylamine groups is 2. The van der Waals surface area contributed by atoms with Crippen molar-refractivity contribution in [3.63, 3.8) is 0 Å². The fourth-order valence-electron chi connectivity index (χ4n) is 4.92. The van der Waals surface area contributed by atoms with Gasteiger partial charge in [-0.25, -0.2) is 4.39 Å². The molecule has 5 nitrogen and oxygen atoms in total. The van der Waals surface area contributed by atoms with Crippen molar-refractivity contribution in [3.05, 3.63) is 90.0 Å². The summed E-state index contributed by atoms with van der Waals surface area (Å²) in [5, 5.41) is 3.82. The molecule has 0 aliphatic carbocycles. The van der Waals surface area contributed by atoms with E-state index in [1.807, 2.05) is 12.1 Å². The molecule has 1 atom stereocenters. The van der Waals surface area contributed by atoms with Crippen molar-refractivity contribution in [1.82, 2.24) is 10.0 Å². The van der Waals surface area contributed by atoms with Crippen molar-refractivity contribution in [2.24, 2.45) is 0 Å². The maximum atomic E-state index is 14.4. The second-order valence-electron chi connectivity index (χ2n) is 9.51. The van der Waals surface area contributed by atoms with Crippen LogP contribution in [0, 0.1) is 5.82 Å². The highest BCUT2D eigenvalue weighted by atomic mass is 28.4. The molecule has 1 aromatic heterocycles. The SMILES string of the molecule is CC(C)(C)[Si](OCCON1CCc2cncc(F)c2C1C=O)(c1ccccc1)c1ccccc1. The molecule has 34 heavy (non-hydrogen) atoms. The summed E-state index contributed by atoms with van der Waals surface area (Å²) in [7, 11) is -2.66. The van der Waals surface area contributed by atoms with Crippen molar-refractivity contribution < 1.29 is 18.4 Å². The summed E-state index contributed by atoms with van der Waals surface area (Å²) in [6.07, 6.45) is 4.06. The van der Waals surface area contributed by atoms with Crippen LogP contribution in [-0.4, -0.2) is 44.4 Å². The lowest BCUT2D eigenvalue weighted by atomic mass is 9.96. The normalized spacial score (nSPS) is 16.8. The summed E-state index contributed by atoms with van der Waals surface area (Å²) in [5.41, 5.74) is 1.10. The first-order valence-corrected chi connectivity index (χ1v) is 13.5. The maximum Gasteiger partial charge on any atom is 0.261 e. The summed E-state index contributed by atoms with van der Waals surface area (Å²) < 4.78 is 21.2. The zero-order valence-corrected chi connectivity index (χ0v) is 20.9. The molecule has 0 spiro atoms. The molecular formula is C27H31FN2O3Si. The lowest BCUT2D eigenvalue weighted by Crippen LogP contribution is -2.66.